The van der Waals surface area contributed by atoms with Crippen molar-refractivity contribution in [2.75, 3.05) is 0 Å². The second-order valence-corrected chi connectivity index (χ2v) is 11.4. The van der Waals surface area contributed by atoms with E-state index in [9.17, 15) is 0 Å². The zero-order valence-corrected chi connectivity index (χ0v) is 33.3. The summed E-state index contributed by atoms with van der Waals surface area (Å²) in [6.07, 6.45) is 0. The topological polar surface area (TPSA) is 0 Å². The van der Waals surface area contributed by atoms with Gasteiger partial charge in [0.15, 0.2) is 0 Å². The van der Waals surface area contributed by atoms with Crippen LogP contribution in [0.25, 0.3) is 54.9 Å². The first-order valence-electron chi connectivity index (χ1n) is 14.8. The van der Waals surface area contributed by atoms with E-state index in [0.717, 1.165) is 0 Å². The monoisotopic (exact) mass is 748 g/mol. The molecule has 0 amide bonds. The second kappa shape index (κ2) is 19.7. The minimum atomic E-state index is 0. The average Bonchev–Trinajstić information content (AvgIpc) is 3.66. The van der Waals surface area contributed by atoms with Gasteiger partial charge in [0.25, 0.3) is 0 Å². The molecule has 0 unspecified atom stereocenters. The molecule has 0 saturated carbocycles. The third-order valence-corrected chi connectivity index (χ3v) is 7.96. The molecule has 0 fully saturated rings. The fourth-order valence-electron chi connectivity index (χ4n) is 5.70. The number of halogens is 2. The van der Waals surface area contributed by atoms with E-state index in [1.54, 1.807) is 0 Å². The first kappa shape index (κ1) is 42.0. The summed E-state index contributed by atoms with van der Waals surface area (Å²) in [6, 6.07) is 50.4. The summed E-state index contributed by atoms with van der Waals surface area (Å²) >= 11 is 1.36. The van der Waals surface area contributed by atoms with Crippen molar-refractivity contribution >= 4 is 53.2 Å². The van der Waals surface area contributed by atoms with E-state index in [-0.39, 0.29) is 39.7 Å². The average molecular weight is 751 g/mol. The molecule has 0 aliphatic rings. The second-order valence-electron chi connectivity index (χ2n) is 11.4. The summed E-state index contributed by atoms with van der Waals surface area (Å²) in [5, 5.41) is 5.37. The van der Waals surface area contributed by atoms with Gasteiger partial charge in [0, 0.05) is 0 Å². The Hall–Kier alpha value is -3.00. The molecule has 0 aromatic heterocycles. The number of hydrogen-bond acceptors (Lipinski definition) is 0. The summed E-state index contributed by atoms with van der Waals surface area (Å²) in [7, 11) is 0. The van der Waals surface area contributed by atoms with Gasteiger partial charge in [-0.3, -0.25) is 0 Å². The van der Waals surface area contributed by atoms with Crippen molar-refractivity contribution in [3.8, 4) is 33.4 Å². The van der Waals surface area contributed by atoms with Crippen molar-refractivity contribution in [1.29, 1.82) is 0 Å². The van der Waals surface area contributed by atoms with Crippen LogP contribution in [0.1, 0.15) is 36.5 Å². The minimum absolute atomic E-state index is 0. The Bertz CT molecular complexity index is 1940. The van der Waals surface area contributed by atoms with Crippen molar-refractivity contribution in [3.05, 3.63) is 171 Å². The van der Waals surface area contributed by atoms with E-state index in [1.807, 2.05) is 0 Å². The molecule has 7 rings (SSSR count). The van der Waals surface area contributed by atoms with Crippen LogP contribution in [0.4, 0.5) is 0 Å². The number of benzene rings is 5. The predicted molar refractivity (Wildman–Crippen MR) is 212 cm³/mol. The summed E-state index contributed by atoms with van der Waals surface area (Å²) < 4.78 is 0. The Labute approximate surface area is 312 Å². The maximum absolute atomic E-state index is 3.06. The molecule has 242 valence electrons. The zero-order valence-electron chi connectivity index (χ0n) is 28.2. The van der Waals surface area contributed by atoms with Crippen molar-refractivity contribution in [2.45, 2.75) is 33.6 Å². The van der Waals surface area contributed by atoms with Crippen LogP contribution in [0.15, 0.2) is 140 Å². The predicted octanol–water partition coefficient (Wildman–Crippen LogP) is 13.2. The summed E-state index contributed by atoms with van der Waals surface area (Å²) in [4.78, 5) is 0. The molecule has 2 radical (unpaired) electrons. The Kier molecular flexibility index (Phi) is 17.6. The molecule has 7 aromatic carbocycles. The van der Waals surface area contributed by atoms with E-state index >= 15 is 0 Å². The molecule has 4 heteroatoms. The summed E-state index contributed by atoms with van der Waals surface area (Å²) in [6.45, 7) is 11.9. The van der Waals surface area contributed by atoms with Crippen molar-refractivity contribution < 1.29 is 23.3 Å². The number of rotatable bonds is 4. The van der Waals surface area contributed by atoms with E-state index in [4.69, 9.17) is 0 Å². The summed E-state index contributed by atoms with van der Waals surface area (Å²) in [5.41, 5.74) is 11.8. The van der Waals surface area contributed by atoms with Crippen LogP contribution in [0.3, 0.4) is 0 Å². The molecule has 0 atom stereocenters. The fourth-order valence-corrected chi connectivity index (χ4v) is 5.70. The first-order chi connectivity index (χ1) is 21.0. The molecule has 0 N–H and O–H groups in total. The molecule has 0 spiro atoms. The normalized spacial score (nSPS) is 9.79. The van der Waals surface area contributed by atoms with Crippen LogP contribution in [0.5, 0.6) is 0 Å². The van der Waals surface area contributed by atoms with Gasteiger partial charge in [-0.1, -0.05) is 140 Å². The molecule has 0 aliphatic carbocycles. The molecule has 0 nitrogen and oxygen atoms in total. The third-order valence-electron chi connectivity index (χ3n) is 7.96. The van der Waals surface area contributed by atoms with Crippen LogP contribution in [-0.2, 0) is 23.3 Å². The third kappa shape index (κ3) is 10.0. The molecular weight excluding hydrogens is 707 g/mol. The molecule has 47 heavy (non-hydrogen) atoms. The molecule has 0 saturated heterocycles. The van der Waals surface area contributed by atoms with Crippen molar-refractivity contribution in [1.82, 2.24) is 0 Å². The number of aryl methyl sites for hydroxylation is 2. The Morgan fingerprint density at radius 3 is 1.66 bits per heavy atom. The van der Waals surface area contributed by atoms with Gasteiger partial charge < -0.3 is 14.9 Å². The Morgan fingerprint density at radius 2 is 1.06 bits per heavy atom. The van der Waals surface area contributed by atoms with Gasteiger partial charge in [-0.05, 0) is 29.5 Å². The van der Waals surface area contributed by atoms with Crippen molar-refractivity contribution in [3.63, 3.8) is 0 Å². The van der Waals surface area contributed by atoms with E-state index in [2.05, 4.69) is 174 Å². The summed E-state index contributed by atoms with van der Waals surface area (Å²) in [5.74, 6) is 0.582. The molecule has 7 aromatic rings. The van der Waals surface area contributed by atoms with Gasteiger partial charge in [-0.25, -0.2) is 0 Å². The van der Waals surface area contributed by atoms with Crippen LogP contribution in [-0.4, -0.2) is 6.88 Å². The van der Waals surface area contributed by atoms with E-state index < -0.39 is 0 Å². The molecular formula is C43H44Cl2SiZr-4. The van der Waals surface area contributed by atoms with Gasteiger partial charge in [0.1, 0.15) is 0 Å². The van der Waals surface area contributed by atoms with Crippen LogP contribution < -0.4 is 0 Å². The van der Waals surface area contributed by atoms with E-state index in [0.29, 0.717) is 5.92 Å². The standard InChI is InChI=1S/C22H17.C19H19.2CH3.2ClH.Si.Zr/c1-16-12-20-14-19(17-8-4-2-5-9-17)15-22(21(20)13-16)18-10-6-3-7-11-18;1-13(2)17-11-16-5-4-6-18(19(16)12-17)15-9-7-14(3)8-10-15;;;;;;/h2-15H,1H3;4-13H,1-3H3;2*1H3;2*1H;;/q4*-1;;;;. The molecule has 0 aliphatic heterocycles. The fraction of sp³-hybridized carbons (Fsp3) is 0.116. The van der Waals surface area contributed by atoms with Gasteiger partial charge in [-0.15, -0.1) is 87.8 Å². The van der Waals surface area contributed by atoms with Gasteiger partial charge in [-0.2, -0.15) is 12.1 Å². The van der Waals surface area contributed by atoms with Crippen molar-refractivity contribution in [2.24, 2.45) is 0 Å². The van der Waals surface area contributed by atoms with E-state index in [1.165, 1.54) is 95.0 Å². The molecule has 0 bridgehead atoms. The maximum atomic E-state index is 3.06. The Morgan fingerprint density at radius 1 is 0.511 bits per heavy atom. The molecule has 0 heterocycles. The van der Waals surface area contributed by atoms with Crippen LogP contribution in [0.2, 0.25) is 0 Å². The number of fused-ring (bicyclic) bond motifs is 2. The van der Waals surface area contributed by atoms with Gasteiger partial charge in [0.2, 0.25) is 0 Å². The van der Waals surface area contributed by atoms with Gasteiger partial charge in [0.05, 0.1) is 0 Å². The SMILES string of the molecule is Cc1cc2c(-c3ccccc3)cc(-c3ccccc3)cc2[cH-]1.Cc1ccc(-c2cccc3[cH-]c(C(C)C)cc23)cc1.Cl.Cl.[CH3-].[CH3-].[Si]=[Zr]. The quantitative estimate of drug-likeness (QED) is 0.124. The van der Waals surface area contributed by atoms with Crippen LogP contribution in [0, 0.1) is 28.7 Å². The zero-order chi connectivity index (χ0) is 30.3. The first-order valence-corrected chi connectivity index (χ1v) is 19.0. The van der Waals surface area contributed by atoms with Crippen LogP contribution >= 0.6 is 24.8 Å². The Balaban J connectivity index is 0.000000416. The number of hydrogen-bond donors (Lipinski definition) is 0. The van der Waals surface area contributed by atoms with Gasteiger partial charge >= 0.3 is 30.2 Å².